The van der Waals surface area contributed by atoms with Crippen molar-refractivity contribution < 1.29 is 0 Å². The topological polar surface area (TPSA) is 69.6 Å². The number of fused-ring (bicyclic) bond motifs is 1. The van der Waals surface area contributed by atoms with Crippen LogP contribution >= 0.6 is 12.2 Å². The van der Waals surface area contributed by atoms with Gasteiger partial charge in [0.2, 0.25) is 0 Å². The van der Waals surface area contributed by atoms with Crippen LogP contribution in [-0.4, -0.2) is 24.5 Å². The molecule has 6 heteroatoms. The summed E-state index contributed by atoms with van der Waals surface area (Å²) in [5, 5.41) is 0. The first-order valence-corrected chi connectivity index (χ1v) is 6.54. The Morgan fingerprint density at radius 1 is 1.10 bits per heavy atom. The molecule has 3 aromatic rings. The Labute approximate surface area is 121 Å². The zero-order valence-electron chi connectivity index (χ0n) is 11.2. The fraction of sp³-hybridized carbons (Fsp3) is 0.143. The molecule has 0 atom stereocenters. The van der Waals surface area contributed by atoms with E-state index in [2.05, 4.69) is 40.9 Å². The average molecular weight is 283 g/mol. The third-order valence-electron chi connectivity index (χ3n) is 3.30. The van der Waals surface area contributed by atoms with Gasteiger partial charge in [-0.25, -0.2) is 15.0 Å². The Bertz CT molecular complexity index is 822. The first-order valence-electron chi connectivity index (χ1n) is 6.13. The molecule has 0 aliphatic carbocycles. The molecule has 0 aliphatic heterocycles. The van der Waals surface area contributed by atoms with Crippen molar-refractivity contribution in [2.24, 2.45) is 5.73 Å². The highest BCUT2D eigenvalue weighted by molar-refractivity contribution is 7.80. The lowest BCUT2D eigenvalue weighted by molar-refractivity contribution is 0.987. The van der Waals surface area contributed by atoms with E-state index in [1.165, 1.54) is 11.1 Å². The SMILES string of the molecule is Cc1cc2ncn(-c3nccnc3C(N)=S)c2cc1C. The summed E-state index contributed by atoms with van der Waals surface area (Å²) in [5.41, 5.74) is 10.5. The number of benzene rings is 1. The third-order valence-corrected chi connectivity index (χ3v) is 3.50. The third kappa shape index (κ3) is 1.94. The van der Waals surface area contributed by atoms with Gasteiger partial charge in [-0.05, 0) is 37.1 Å². The van der Waals surface area contributed by atoms with Gasteiger partial charge in [0.25, 0.3) is 0 Å². The number of hydrogen-bond acceptors (Lipinski definition) is 4. The van der Waals surface area contributed by atoms with E-state index in [1.807, 2.05) is 4.57 Å². The Morgan fingerprint density at radius 3 is 2.55 bits per heavy atom. The van der Waals surface area contributed by atoms with Crippen molar-refractivity contribution in [3.8, 4) is 5.82 Å². The van der Waals surface area contributed by atoms with E-state index in [0.29, 0.717) is 11.5 Å². The number of aromatic nitrogens is 4. The van der Waals surface area contributed by atoms with Crippen LogP contribution in [0.2, 0.25) is 0 Å². The van der Waals surface area contributed by atoms with E-state index in [4.69, 9.17) is 18.0 Å². The summed E-state index contributed by atoms with van der Waals surface area (Å²) in [4.78, 5) is 13.2. The number of nitrogens with zero attached hydrogens (tertiary/aromatic N) is 4. The molecule has 0 radical (unpaired) electrons. The Balaban J connectivity index is 2.31. The highest BCUT2D eigenvalue weighted by Crippen LogP contribution is 2.21. The number of rotatable bonds is 2. The maximum Gasteiger partial charge on any atom is 0.167 e. The standard InChI is InChI=1S/C14H13N5S/c1-8-5-10-11(6-9(8)2)19(7-18-10)14-12(13(15)20)16-3-4-17-14/h3-7H,1-2H3,(H2,15,20). The second-order valence-electron chi connectivity index (χ2n) is 4.63. The van der Waals surface area contributed by atoms with Gasteiger partial charge in [-0.3, -0.25) is 4.57 Å². The molecule has 0 bridgehead atoms. The summed E-state index contributed by atoms with van der Waals surface area (Å²) in [6.07, 6.45) is 4.91. The van der Waals surface area contributed by atoms with E-state index in [1.54, 1.807) is 18.7 Å². The summed E-state index contributed by atoms with van der Waals surface area (Å²) < 4.78 is 1.86. The minimum absolute atomic E-state index is 0.221. The van der Waals surface area contributed by atoms with Crippen molar-refractivity contribution in [3.05, 3.63) is 47.7 Å². The molecule has 0 spiro atoms. The summed E-state index contributed by atoms with van der Waals surface area (Å²) >= 11 is 5.03. The van der Waals surface area contributed by atoms with Crippen molar-refractivity contribution in [3.63, 3.8) is 0 Å². The van der Waals surface area contributed by atoms with Gasteiger partial charge in [0, 0.05) is 12.4 Å². The number of aryl methyl sites for hydroxylation is 2. The van der Waals surface area contributed by atoms with Crippen LogP contribution in [-0.2, 0) is 0 Å². The molecular weight excluding hydrogens is 270 g/mol. The highest BCUT2D eigenvalue weighted by atomic mass is 32.1. The lowest BCUT2D eigenvalue weighted by Gasteiger charge is -2.08. The molecule has 0 unspecified atom stereocenters. The average Bonchev–Trinajstić information content (AvgIpc) is 2.82. The van der Waals surface area contributed by atoms with Gasteiger partial charge in [-0.1, -0.05) is 12.2 Å². The van der Waals surface area contributed by atoms with Gasteiger partial charge >= 0.3 is 0 Å². The fourth-order valence-electron chi connectivity index (χ4n) is 2.11. The number of imidazole rings is 1. The van der Waals surface area contributed by atoms with Crippen molar-refractivity contribution in [2.75, 3.05) is 0 Å². The molecule has 0 saturated carbocycles. The van der Waals surface area contributed by atoms with Gasteiger partial charge < -0.3 is 5.73 Å². The van der Waals surface area contributed by atoms with Crippen LogP contribution in [0.15, 0.2) is 30.9 Å². The lowest BCUT2D eigenvalue weighted by Crippen LogP contribution is -2.16. The molecular formula is C14H13N5S. The normalized spacial score (nSPS) is 10.9. The Morgan fingerprint density at radius 2 is 1.80 bits per heavy atom. The Kier molecular flexibility index (Phi) is 2.94. The van der Waals surface area contributed by atoms with Gasteiger partial charge in [0.1, 0.15) is 17.0 Å². The second kappa shape index (κ2) is 4.64. The summed E-state index contributed by atoms with van der Waals surface area (Å²) in [7, 11) is 0. The zero-order chi connectivity index (χ0) is 14.3. The maximum atomic E-state index is 5.71. The van der Waals surface area contributed by atoms with E-state index < -0.39 is 0 Å². The van der Waals surface area contributed by atoms with Gasteiger partial charge in [0.15, 0.2) is 5.82 Å². The second-order valence-corrected chi connectivity index (χ2v) is 5.07. The van der Waals surface area contributed by atoms with E-state index >= 15 is 0 Å². The minimum atomic E-state index is 0.221. The molecule has 5 nitrogen and oxygen atoms in total. The van der Waals surface area contributed by atoms with Crippen LogP contribution in [0.1, 0.15) is 16.8 Å². The van der Waals surface area contributed by atoms with Crippen molar-refractivity contribution >= 4 is 28.2 Å². The molecule has 2 aromatic heterocycles. The number of nitrogens with two attached hydrogens (primary N) is 1. The summed E-state index contributed by atoms with van der Waals surface area (Å²) in [6, 6.07) is 4.13. The molecule has 2 N–H and O–H groups in total. The predicted octanol–water partition coefficient (Wildman–Crippen LogP) is 2.07. The molecule has 0 fully saturated rings. The van der Waals surface area contributed by atoms with Crippen LogP contribution in [0, 0.1) is 13.8 Å². The van der Waals surface area contributed by atoms with Crippen LogP contribution in [0.5, 0.6) is 0 Å². The summed E-state index contributed by atoms with van der Waals surface area (Å²) in [6.45, 7) is 4.13. The van der Waals surface area contributed by atoms with E-state index in [0.717, 1.165) is 11.0 Å². The first-order chi connectivity index (χ1) is 9.58. The van der Waals surface area contributed by atoms with Crippen molar-refractivity contribution in [1.29, 1.82) is 0 Å². The monoisotopic (exact) mass is 283 g/mol. The molecule has 20 heavy (non-hydrogen) atoms. The summed E-state index contributed by atoms with van der Waals surface area (Å²) in [5.74, 6) is 0.603. The molecule has 100 valence electrons. The zero-order valence-corrected chi connectivity index (χ0v) is 12.0. The van der Waals surface area contributed by atoms with Gasteiger partial charge in [-0.2, -0.15) is 0 Å². The van der Waals surface area contributed by atoms with E-state index in [9.17, 15) is 0 Å². The predicted molar refractivity (Wildman–Crippen MR) is 82.0 cm³/mol. The number of thiocarbonyl (C=S) groups is 1. The van der Waals surface area contributed by atoms with Crippen LogP contribution in [0.3, 0.4) is 0 Å². The molecule has 0 amide bonds. The molecule has 1 aromatic carbocycles. The minimum Gasteiger partial charge on any atom is -0.388 e. The highest BCUT2D eigenvalue weighted by Gasteiger charge is 2.13. The van der Waals surface area contributed by atoms with Gasteiger partial charge in [0.05, 0.1) is 11.0 Å². The van der Waals surface area contributed by atoms with Crippen LogP contribution < -0.4 is 5.73 Å². The lowest BCUT2D eigenvalue weighted by atomic mass is 10.1. The molecule has 0 saturated heterocycles. The van der Waals surface area contributed by atoms with Crippen LogP contribution in [0.25, 0.3) is 16.9 Å². The number of hydrogen-bond donors (Lipinski definition) is 1. The first kappa shape index (κ1) is 12.7. The van der Waals surface area contributed by atoms with Crippen LogP contribution in [0.4, 0.5) is 0 Å². The molecule has 3 rings (SSSR count). The molecule has 0 aliphatic rings. The van der Waals surface area contributed by atoms with Crippen molar-refractivity contribution in [1.82, 2.24) is 19.5 Å². The largest absolute Gasteiger partial charge is 0.388 e. The maximum absolute atomic E-state index is 5.71. The molecule has 2 heterocycles. The van der Waals surface area contributed by atoms with E-state index in [-0.39, 0.29) is 4.99 Å². The Hall–Kier alpha value is -2.34. The smallest absolute Gasteiger partial charge is 0.167 e. The fourth-order valence-corrected chi connectivity index (χ4v) is 2.26. The van der Waals surface area contributed by atoms with Gasteiger partial charge in [-0.15, -0.1) is 0 Å². The van der Waals surface area contributed by atoms with Crippen molar-refractivity contribution in [2.45, 2.75) is 13.8 Å². The quantitative estimate of drug-likeness (QED) is 0.729.